The summed E-state index contributed by atoms with van der Waals surface area (Å²) >= 11 is 0. The van der Waals surface area contributed by atoms with Gasteiger partial charge in [-0.25, -0.2) is 4.58 Å². The Labute approximate surface area is 255 Å². The zero-order valence-electron chi connectivity index (χ0n) is 25.9. The number of nitrogens with one attached hydrogen (secondary N) is 1. The van der Waals surface area contributed by atoms with E-state index in [9.17, 15) is 4.79 Å². The van der Waals surface area contributed by atoms with Crippen LogP contribution >= 0.6 is 0 Å². The van der Waals surface area contributed by atoms with Crippen LogP contribution in [0.5, 0.6) is 0 Å². The maximum absolute atomic E-state index is 11.6. The normalized spacial score (nSPS) is 16.7. The van der Waals surface area contributed by atoms with Gasteiger partial charge in [-0.2, -0.15) is 0 Å². The summed E-state index contributed by atoms with van der Waals surface area (Å²) < 4.78 is 2.50. The zero-order valence-corrected chi connectivity index (χ0v) is 25.9. The second-order valence-corrected chi connectivity index (χ2v) is 12.3. The number of rotatable bonds is 9. The molecule has 1 N–H and O–H groups in total. The summed E-state index contributed by atoms with van der Waals surface area (Å²) in [5.41, 5.74) is 7.89. The first-order valence-corrected chi connectivity index (χ1v) is 15.5. The minimum atomic E-state index is -0.0895. The van der Waals surface area contributed by atoms with Gasteiger partial charge in [0.15, 0.2) is 6.54 Å². The van der Waals surface area contributed by atoms with Crippen molar-refractivity contribution in [1.29, 1.82) is 0 Å². The molecule has 0 aliphatic carbocycles. The number of fused-ring (bicyclic) bond motifs is 5. The van der Waals surface area contributed by atoms with Crippen molar-refractivity contribution in [3.05, 3.63) is 126 Å². The number of carbonyl (C=O) groups excluding carboxylic acids is 1. The van der Waals surface area contributed by atoms with Gasteiger partial charge in [-0.3, -0.25) is 4.79 Å². The number of nitrogens with zero attached hydrogens (tertiary/aromatic N) is 2. The van der Waals surface area contributed by atoms with Crippen LogP contribution in [-0.4, -0.2) is 36.8 Å². The van der Waals surface area contributed by atoms with Crippen molar-refractivity contribution >= 4 is 38.9 Å². The van der Waals surface area contributed by atoms with Gasteiger partial charge in [-0.1, -0.05) is 86.7 Å². The van der Waals surface area contributed by atoms with E-state index in [1.165, 1.54) is 55.3 Å². The highest BCUT2D eigenvalue weighted by Gasteiger charge is 2.39. The summed E-state index contributed by atoms with van der Waals surface area (Å²) in [6.07, 6.45) is 14.7. The van der Waals surface area contributed by atoms with Gasteiger partial charge in [0.05, 0.1) is 5.56 Å². The second-order valence-electron chi connectivity index (χ2n) is 12.3. The number of hydrogen-bond donors (Lipinski definition) is 1. The molecule has 2 aliphatic rings. The third kappa shape index (κ3) is 5.54. The standard InChI is InChI=1S/C39H41N3O/c1-39(2)36(41(4)35-23-22-28-15-12-13-18-32(28)38(35)39)20-8-5-7-19-34-33-26-30-17-11-10-16-29(30)25-31(33)27-42(34)24-14-6-9-21-37(43)40-3/h5,7-8,10-13,15-20,22-23,25-26H,6,9,14,21,24,27H2,1-4H3/p+1. The third-order valence-electron chi connectivity index (χ3n) is 9.19. The molecule has 6 rings (SSSR count). The van der Waals surface area contributed by atoms with Gasteiger partial charge < -0.3 is 10.2 Å². The SMILES string of the molecule is CNC(=O)CCCCC[N+]1=C(/C=C/C=C/C=C2/N(C)c3ccc4ccccc4c3C2(C)C)c2cc3ccccc3cc2C1. The van der Waals surface area contributed by atoms with Crippen LogP contribution in [0.25, 0.3) is 21.5 Å². The zero-order chi connectivity index (χ0) is 30.0. The summed E-state index contributed by atoms with van der Waals surface area (Å²) in [4.78, 5) is 14.0. The number of unbranched alkanes of at least 4 members (excludes halogenated alkanes) is 2. The number of carbonyl (C=O) groups is 1. The van der Waals surface area contributed by atoms with Crippen LogP contribution in [0.3, 0.4) is 0 Å². The average Bonchev–Trinajstić information content (AvgIpc) is 3.45. The van der Waals surface area contributed by atoms with Gasteiger partial charge in [-0.05, 0) is 64.2 Å². The quantitative estimate of drug-likeness (QED) is 0.126. The van der Waals surface area contributed by atoms with E-state index in [-0.39, 0.29) is 11.3 Å². The number of likely N-dealkylation sites (N-methyl/N-ethyl adjacent to an activating group) is 1. The topological polar surface area (TPSA) is 35.4 Å². The van der Waals surface area contributed by atoms with Crippen LogP contribution in [0, 0.1) is 0 Å². The van der Waals surface area contributed by atoms with E-state index in [0.29, 0.717) is 6.42 Å². The molecule has 0 spiro atoms. The molecule has 0 saturated heterocycles. The van der Waals surface area contributed by atoms with Crippen molar-refractivity contribution in [2.24, 2.45) is 0 Å². The summed E-state index contributed by atoms with van der Waals surface area (Å²) in [6.45, 7) is 6.57. The summed E-state index contributed by atoms with van der Waals surface area (Å²) in [6, 6.07) is 26.5. The van der Waals surface area contributed by atoms with E-state index in [1.54, 1.807) is 7.05 Å². The highest BCUT2D eigenvalue weighted by molar-refractivity contribution is 6.09. The Morgan fingerprint density at radius 1 is 0.907 bits per heavy atom. The fourth-order valence-corrected chi connectivity index (χ4v) is 6.95. The molecule has 4 heteroatoms. The van der Waals surface area contributed by atoms with E-state index in [1.807, 2.05) is 0 Å². The van der Waals surface area contributed by atoms with Crippen molar-refractivity contribution in [3.8, 4) is 0 Å². The van der Waals surface area contributed by atoms with Crippen molar-refractivity contribution in [2.75, 3.05) is 25.5 Å². The first-order valence-electron chi connectivity index (χ1n) is 15.5. The monoisotopic (exact) mass is 568 g/mol. The van der Waals surface area contributed by atoms with E-state index in [0.717, 1.165) is 32.4 Å². The molecule has 4 aromatic rings. The Kier molecular flexibility index (Phi) is 8.03. The third-order valence-corrected chi connectivity index (χ3v) is 9.19. The lowest BCUT2D eigenvalue weighted by atomic mass is 9.81. The van der Waals surface area contributed by atoms with Gasteiger partial charge >= 0.3 is 0 Å². The van der Waals surface area contributed by atoms with E-state index < -0.39 is 0 Å². The lowest BCUT2D eigenvalue weighted by Crippen LogP contribution is -2.22. The fourth-order valence-electron chi connectivity index (χ4n) is 6.95. The summed E-state index contributed by atoms with van der Waals surface area (Å²) in [7, 11) is 3.89. The van der Waals surface area contributed by atoms with Gasteiger partial charge in [0.25, 0.3) is 0 Å². The second kappa shape index (κ2) is 12.0. The molecule has 2 heterocycles. The molecule has 4 nitrogen and oxygen atoms in total. The first-order chi connectivity index (χ1) is 20.9. The van der Waals surface area contributed by atoms with Crippen LogP contribution in [0.1, 0.15) is 56.2 Å². The van der Waals surface area contributed by atoms with Crippen molar-refractivity contribution in [2.45, 2.75) is 51.5 Å². The molecule has 0 radical (unpaired) electrons. The predicted octanol–water partition coefficient (Wildman–Crippen LogP) is 8.04. The Morgan fingerprint density at radius 2 is 1.65 bits per heavy atom. The first kappa shape index (κ1) is 28.7. The molecule has 218 valence electrons. The molecular formula is C39H42N3O+. The largest absolute Gasteiger partial charge is 0.359 e. The van der Waals surface area contributed by atoms with Gasteiger partial charge in [0, 0.05) is 55.4 Å². The van der Waals surface area contributed by atoms with Gasteiger partial charge in [-0.15, -0.1) is 0 Å². The lowest BCUT2D eigenvalue weighted by molar-refractivity contribution is -0.538. The number of anilines is 1. The number of benzene rings is 4. The van der Waals surface area contributed by atoms with E-state index >= 15 is 0 Å². The minimum Gasteiger partial charge on any atom is -0.359 e. The van der Waals surface area contributed by atoms with Crippen molar-refractivity contribution < 1.29 is 9.37 Å². The predicted molar refractivity (Wildman–Crippen MR) is 181 cm³/mol. The highest BCUT2D eigenvalue weighted by atomic mass is 16.1. The number of amides is 1. The molecule has 1 amide bonds. The summed E-state index contributed by atoms with van der Waals surface area (Å²) in [5.74, 6) is 0.127. The molecular weight excluding hydrogens is 526 g/mol. The molecule has 0 fully saturated rings. The minimum absolute atomic E-state index is 0.0895. The van der Waals surface area contributed by atoms with Crippen LogP contribution in [0.2, 0.25) is 0 Å². The molecule has 43 heavy (non-hydrogen) atoms. The van der Waals surface area contributed by atoms with Crippen molar-refractivity contribution in [3.63, 3.8) is 0 Å². The number of allylic oxidation sites excluding steroid dienone is 6. The molecule has 2 aliphatic heterocycles. The molecule has 0 bridgehead atoms. The Bertz CT molecular complexity index is 1820. The van der Waals surface area contributed by atoms with Crippen molar-refractivity contribution in [1.82, 2.24) is 5.32 Å². The van der Waals surface area contributed by atoms with Crippen LogP contribution in [-0.2, 0) is 16.8 Å². The Balaban J connectivity index is 1.24. The molecule has 0 unspecified atom stereocenters. The lowest BCUT2D eigenvalue weighted by Gasteiger charge is -2.24. The maximum Gasteiger partial charge on any atom is 0.219 e. The van der Waals surface area contributed by atoms with Crippen LogP contribution in [0.4, 0.5) is 5.69 Å². The molecule has 0 saturated carbocycles. The van der Waals surface area contributed by atoms with E-state index in [2.05, 4.69) is 139 Å². The van der Waals surface area contributed by atoms with Gasteiger partial charge in [0.1, 0.15) is 6.54 Å². The maximum atomic E-state index is 11.6. The fraction of sp³-hybridized carbons (Fsp3) is 0.282. The van der Waals surface area contributed by atoms with E-state index in [4.69, 9.17) is 0 Å². The smallest absolute Gasteiger partial charge is 0.219 e. The Morgan fingerprint density at radius 3 is 2.44 bits per heavy atom. The molecule has 0 aromatic heterocycles. The average molecular weight is 569 g/mol. The summed E-state index contributed by atoms with van der Waals surface area (Å²) in [5, 5.41) is 7.92. The van der Waals surface area contributed by atoms with Gasteiger partial charge in [0.2, 0.25) is 11.6 Å². The van der Waals surface area contributed by atoms with Crippen LogP contribution < -0.4 is 10.2 Å². The highest BCUT2D eigenvalue weighted by Crippen LogP contribution is 2.49. The molecule has 4 aromatic carbocycles. The van der Waals surface area contributed by atoms with Crippen LogP contribution in [0.15, 0.2) is 109 Å². The molecule has 0 atom stereocenters. The number of hydrogen-bond acceptors (Lipinski definition) is 2. The Hall–Kier alpha value is -4.44.